The molecule has 1 saturated carbocycles. The summed E-state index contributed by atoms with van der Waals surface area (Å²) in [5.74, 6) is -2.80. The van der Waals surface area contributed by atoms with Crippen LogP contribution in [-0.4, -0.2) is 65.5 Å². The maximum atomic E-state index is 13.3. The van der Waals surface area contributed by atoms with E-state index in [9.17, 15) is 31.5 Å². The van der Waals surface area contributed by atoms with Crippen LogP contribution in [0.25, 0.3) is 0 Å². The maximum absolute atomic E-state index is 13.3. The molecule has 1 aliphatic carbocycles. The molecule has 0 unspecified atom stereocenters. The van der Waals surface area contributed by atoms with Crippen LogP contribution in [0.3, 0.4) is 0 Å². The van der Waals surface area contributed by atoms with Gasteiger partial charge in [-0.25, -0.2) is 0 Å². The molecular formula is C27H29F5N4O3. The fourth-order valence-electron chi connectivity index (χ4n) is 4.27. The minimum absolute atomic E-state index is 0.304. The monoisotopic (exact) mass is 552 g/mol. The van der Waals surface area contributed by atoms with Crippen LogP contribution in [-0.2, 0) is 11.0 Å². The van der Waals surface area contributed by atoms with Gasteiger partial charge in [0.1, 0.15) is 0 Å². The summed E-state index contributed by atoms with van der Waals surface area (Å²) in [6, 6.07) is 8.62. The fourth-order valence-corrected chi connectivity index (χ4v) is 4.27. The molecule has 5 rings (SSSR count). The summed E-state index contributed by atoms with van der Waals surface area (Å²) < 4.78 is 68.5. The van der Waals surface area contributed by atoms with Crippen molar-refractivity contribution in [1.82, 2.24) is 15.1 Å². The number of Topliss-reactive ketones (excluding diaryl/α,β-unsaturated/α-hetero) is 1. The molecule has 2 aliphatic heterocycles. The molecule has 3 heterocycles. The van der Waals surface area contributed by atoms with Crippen molar-refractivity contribution in [2.75, 3.05) is 37.7 Å². The molecule has 7 nitrogen and oxygen atoms in total. The number of halogens is 5. The Kier molecular flexibility index (Phi) is 8.22. The first kappa shape index (κ1) is 28.4. The number of aromatic nitrogens is 2. The minimum Gasteiger partial charge on any atom is -0.477 e. The van der Waals surface area contributed by atoms with Gasteiger partial charge in [-0.1, -0.05) is 25.0 Å². The van der Waals surface area contributed by atoms with Gasteiger partial charge in [0.2, 0.25) is 5.88 Å². The lowest BCUT2D eigenvalue weighted by Crippen LogP contribution is -2.35. The SMILES string of the molecule is CC(=O)C(C)(F)F.O=C(c1ccccc1C(F)(F)F)N1CC2=C(C1)CN(c1ccc(OCCC3CC3)nn1)C2. The predicted molar refractivity (Wildman–Crippen MR) is 133 cm³/mol. The van der Waals surface area contributed by atoms with E-state index in [1.807, 2.05) is 12.1 Å². The van der Waals surface area contributed by atoms with Crippen molar-refractivity contribution < 1.29 is 36.3 Å². The van der Waals surface area contributed by atoms with Crippen LogP contribution in [0.5, 0.6) is 5.88 Å². The topological polar surface area (TPSA) is 75.6 Å². The van der Waals surface area contributed by atoms with Crippen LogP contribution in [0.15, 0.2) is 47.5 Å². The van der Waals surface area contributed by atoms with Crippen molar-refractivity contribution in [3.05, 3.63) is 58.7 Å². The highest BCUT2D eigenvalue weighted by Crippen LogP contribution is 2.35. The number of amides is 1. The largest absolute Gasteiger partial charge is 0.477 e. The Bertz CT molecular complexity index is 1220. The second-order valence-corrected chi connectivity index (χ2v) is 10.0. The first-order chi connectivity index (χ1) is 18.3. The summed E-state index contributed by atoms with van der Waals surface area (Å²) in [5.41, 5.74) is 0.901. The minimum atomic E-state index is -4.56. The van der Waals surface area contributed by atoms with Gasteiger partial charge in [0, 0.05) is 46.1 Å². The lowest BCUT2D eigenvalue weighted by molar-refractivity contribution is -0.138. The number of rotatable bonds is 7. The average Bonchev–Trinajstić information content (AvgIpc) is 3.48. The molecule has 1 aromatic carbocycles. The Balaban J connectivity index is 0.000000448. The molecule has 0 saturated heterocycles. The fraction of sp³-hybridized carbons (Fsp3) is 0.481. The third kappa shape index (κ3) is 7.30. The lowest BCUT2D eigenvalue weighted by atomic mass is 10.1. The molecule has 0 atom stereocenters. The first-order valence-corrected chi connectivity index (χ1v) is 12.6. The number of ether oxygens (including phenoxy) is 1. The molecule has 12 heteroatoms. The zero-order valence-electron chi connectivity index (χ0n) is 21.6. The Morgan fingerprint density at radius 3 is 2.08 bits per heavy atom. The molecule has 2 aromatic rings. The highest BCUT2D eigenvalue weighted by atomic mass is 19.4. The number of ketones is 1. The standard InChI is InChI=1S/C23H23F3N4O2.C4H6F2O/c24-23(25,26)19-4-2-1-3-18(19)22(31)30-13-16-11-29(12-17(16)14-30)20-7-8-21(28-27-20)32-10-9-15-5-6-15;1-3(7)4(2,5)6/h1-4,7-8,15H,5-6,9-14H2;1-2H3. The molecule has 1 amide bonds. The molecule has 210 valence electrons. The van der Waals surface area contributed by atoms with Crippen molar-refractivity contribution in [1.29, 1.82) is 0 Å². The second-order valence-electron chi connectivity index (χ2n) is 10.0. The number of carbonyl (C=O) groups is 2. The van der Waals surface area contributed by atoms with E-state index in [1.165, 1.54) is 35.9 Å². The highest BCUT2D eigenvalue weighted by molar-refractivity contribution is 5.96. The van der Waals surface area contributed by atoms with Gasteiger partial charge in [0.25, 0.3) is 5.91 Å². The van der Waals surface area contributed by atoms with Gasteiger partial charge in [-0.3, -0.25) is 9.59 Å². The van der Waals surface area contributed by atoms with Gasteiger partial charge in [0.15, 0.2) is 11.6 Å². The number of nitrogens with zero attached hydrogens (tertiary/aromatic N) is 4. The van der Waals surface area contributed by atoms with E-state index in [4.69, 9.17) is 4.74 Å². The number of carbonyl (C=O) groups excluding carboxylic acids is 2. The van der Waals surface area contributed by atoms with E-state index in [0.717, 1.165) is 36.5 Å². The molecule has 1 fully saturated rings. The molecule has 0 N–H and O–H groups in total. The smallest absolute Gasteiger partial charge is 0.417 e. The molecular weight excluding hydrogens is 523 g/mol. The summed E-state index contributed by atoms with van der Waals surface area (Å²) in [6.07, 6.45) is -0.933. The number of hydrogen-bond donors (Lipinski definition) is 0. The maximum Gasteiger partial charge on any atom is 0.417 e. The van der Waals surface area contributed by atoms with E-state index in [1.54, 1.807) is 0 Å². The zero-order valence-corrected chi connectivity index (χ0v) is 21.6. The number of hydrogen-bond acceptors (Lipinski definition) is 6. The van der Waals surface area contributed by atoms with Crippen LogP contribution < -0.4 is 9.64 Å². The van der Waals surface area contributed by atoms with Gasteiger partial charge < -0.3 is 14.5 Å². The predicted octanol–water partition coefficient (Wildman–Crippen LogP) is 5.18. The Hall–Kier alpha value is -3.57. The van der Waals surface area contributed by atoms with Crippen molar-refractivity contribution in [2.24, 2.45) is 5.92 Å². The van der Waals surface area contributed by atoms with E-state index >= 15 is 0 Å². The summed E-state index contributed by atoms with van der Waals surface area (Å²) in [7, 11) is 0. The molecule has 0 bridgehead atoms. The molecule has 1 aromatic heterocycles. The van der Waals surface area contributed by atoms with Crippen molar-refractivity contribution >= 4 is 17.5 Å². The summed E-state index contributed by atoms with van der Waals surface area (Å²) in [4.78, 5) is 26.1. The Labute approximate surface area is 222 Å². The average molecular weight is 553 g/mol. The number of anilines is 1. The van der Waals surface area contributed by atoms with Crippen LogP contribution in [0, 0.1) is 5.92 Å². The van der Waals surface area contributed by atoms with Gasteiger partial charge >= 0.3 is 12.1 Å². The summed E-state index contributed by atoms with van der Waals surface area (Å²) in [5, 5.41) is 8.41. The number of alkyl halides is 5. The van der Waals surface area contributed by atoms with Crippen molar-refractivity contribution in [3.8, 4) is 5.88 Å². The van der Waals surface area contributed by atoms with Gasteiger partial charge in [-0.2, -0.15) is 22.0 Å². The van der Waals surface area contributed by atoms with E-state index in [0.29, 0.717) is 51.4 Å². The van der Waals surface area contributed by atoms with Crippen LogP contribution in [0.4, 0.5) is 27.8 Å². The molecule has 3 aliphatic rings. The van der Waals surface area contributed by atoms with Gasteiger partial charge in [-0.05, 0) is 41.7 Å². The van der Waals surface area contributed by atoms with Crippen LogP contribution in [0.2, 0.25) is 0 Å². The Morgan fingerprint density at radius 2 is 1.56 bits per heavy atom. The van der Waals surface area contributed by atoms with Crippen molar-refractivity contribution in [2.45, 2.75) is 45.2 Å². The number of benzene rings is 1. The lowest BCUT2D eigenvalue weighted by Gasteiger charge is -2.24. The summed E-state index contributed by atoms with van der Waals surface area (Å²) in [6.45, 7) is 3.90. The van der Waals surface area contributed by atoms with Gasteiger partial charge in [-0.15, -0.1) is 10.2 Å². The first-order valence-electron chi connectivity index (χ1n) is 12.6. The van der Waals surface area contributed by atoms with E-state index in [2.05, 4.69) is 15.1 Å². The normalized spacial score (nSPS) is 17.1. The van der Waals surface area contributed by atoms with Crippen LogP contribution in [0.1, 0.15) is 49.0 Å². The molecule has 0 spiro atoms. The van der Waals surface area contributed by atoms with E-state index in [-0.39, 0.29) is 5.56 Å². The highest BCUT2D eigenvalue weighted by Gasteiger charge is 2.38. The molecule has 39 heavy (non-hydrogen) atoms. The van der Waals surface area contributed by atoms with E-state index < -0.39 is 29.4 Å². The van der Waals surface area contributed by atoms with Gasteiger partial charge in [0.05, 0.1) is 17.7 Å². The van der Waals surface area contributed by atoms with Crippen molar-refractivity contribution in [3.63, 3.8) is 0 Å². The third-order valence-electron chi connectivity index (χ3n) is 6.82. The Morgan fingerprint density at radius 1 is 0.949 bits per heavy atom. The molecule has 0 radical (unpaired) electrons. The quantitative estimate of drug-likeness (QED) is 0.348. The second kappa shape index (κ2) is 11.3. The third-order valence-corrected chi connectivity index (χ3v) is 6.82. The zero-order chi connectivity index (χ0) is 28.4. The summed E-state index contributed by atoms with van der Waals surface area (Å²) >= 11 is 0. The van der Waals surface area contributed by atoms with Crippen LogP contribution >= 0.6 is 0 Å².